The molecule has 82 heavy (non-hydrogen) atoms. The highest BCUT2D eigenvalue weighted by Gasteiger charge is 2.80. The molecule has 14 heteroatoms. The lowest BCUT2D eigenvalue weighted by molar-refractivity contribution is -0.213. The maximum Gasteiger partial charge on any atom is 0.373 e. The van der Waals surface area contributed by atoms with Crippen LogP contribution in [-0.4, -0.2) is 128 Å². The van der Waals surface area contributed by atoms with Crippen molar-refractivity contribution in [2.75, 3.05) is 51.8 Å². The van der Waals surface area contributed by atoms with Crippen LogP contribution in [0.4, 0.5) is 5.69 Å². The van der Waals surface area contributed by atoms with E-state index in [2.05, 4.69) is 152 Å². The normalized spacial score (nSPS) is 29.8. The molecule has 10 atom stereocenters. The minimum absolute atomic E-state index is 0.157. The number of benzene rings is 5. The quantitative estimate of drug-likeness (QED) is 0.0389. The van der Waals surface area contributed by atoms with E-state index in [0.717, 1.165) is 84.6 Å². The number of nitrogens with zero attached hydrogens (tertiary/aromatic N) is 3. The van der Waals surface area contributed by atoms with E-state index in [1.165, 1.54) is 34.9 Å². The minimum Gasteiger partial charge on any atom is -0.467 e. The minimum atomic E-state index is -3.49. The van der Waals surface area contributed by atoms with E-state index in [0.29, 0.717) is 38.3 Å². The number of fused-ring (bicyclic) bond motifs is 6. The van der Waals surface area contributed by atoms with Crippen LogP contribution < -0.4 is 15.3 Å². The molecule has 3 N–H and O–H groups in total. The van der Waals surface area contributed by atoms with Crippen LogP contribution in [0.2, 0.25) is 6.04 Å². The zero-order valence-electron chi connectivity index (χ0n) is 48.5. The average molecular weight is 1130 g/mol. The van der Waals surface area contributed by atoms with Crippen molar-refractivity contribution in [1.82, 2.24) is 14.8 Å². The second-order valence-electron chi connectivity index (χ2n) is 24.8. The Morgan fingerprint density at radius 2 is 1.50 bits per heavy atom. The van der Waals surface area contributed by atoms with E-state index < -0.39 is 53.9 Å². The molecule has 2 bridgehead atoms. The van der Waals surface area contributed by atoms with Gasteiger partial charge in [-0.15, -0.1) is 0 Å². The van der Waals surface area contributed by atoms with E-state index in [1.54, 1.807) is 0 Å². The first-order valence-corrected chi connectivity index (χ1v) is 31.8. The standard InChI is InChI=1S/C67H80N4O7Si.CO2/c1-7-64(74)42-48-41-63(4,58-52(32-36-70(43-48)45-64)51-29-18-19-30-55(51)68-58)53-40-54-56(39-46(53)3)69(5)60-66(54)34-37-71-35-22-33-65(8-2,59(66)71)61(67(60,75)62(73)76-6)78-79(49-25-14-10-15-26-49,50-27-16-11-17-28-50)38-21-20-31-57(72)77-44-47-23-12-9-13-24-47;2-1-3/h9-19,22-30,33,39-40,48,59-61,68,74-75H,7-8,20-21,31-32,34-38,41-45H2,1-6H3;/t48?,59-,60+,61+,63+,64-,65+,66+,67-;/m0./s1. The highest BCUT2D eigenvalue weighted by atomic mass is 28.4. The second kappa shape index (κ2) is 22.6. The van der Waals surface area contributed by atoms with Crippen molar-refractivity contribution in [3.8, 4) is 0 Å². The van der Waals surface area contributed by atoms with Crippen LogP contribution in [0.1, 0.15) is 106 Å². The summed E-state index contributed by atoms with van der Waals surface area (Å²) in [6.07, 6.45) is 9.76. The number of carbonyl (C=O) groups is 2. The summed E-state index contributed by atoms with van der Waals surface area (Å²) >= 11 is 0. The van der Waals surface area contributed by atoms with Crippen LogP contribution in [0, 0.1) is 18.3 Å². The van der Waals surface area contributed by atoms with Gasteiger partial charge in [0.15, 0.2) is 0 Å². The number of methoxy groups -OCH3 is 1. The largest absolute Gasteiger partial charge is 0.467 e. The van der Waals surface area contributed by atoms with Crippen LogP contribution in [0.15, 0.2) is 140 Å². The second-order valence-corrected chi connectivity index (χ2v) is 28.3. The predicted molar refractivity (Wildman–Crippen MR) is 319 cm³/mol. The van der Waals surface area contributed by atoms with Crippen molar-refractivity contribution in [3.63, 3.8) is 0 Å². The highest BCUT2D eigenvalue weighted by Crippen LogP contribution is 2.68. The Balaban J connectivity index is 0.00000230. The number of likely N-dealkylation sites (N-methyl/N-ethyl adjacent to an activating group) is 1. The molecule has 6 aromatic rings. The molecule has 2 unspecified atom stereocenters. The highest BCUT2D eigenvalue weighted by molar-refractivity contribution is 6.97. The van der Waals surface area contributed by atoms with Crippen molar-refractivity contribution in [2.45, 2.75) is 138 Å². The molecular weight excluding hydrogens is 1040 g/mol. The van der Waals surface area contributed by atoms with Crippen molar-refractivity contribution in [1.29, 1.82) is 0 Å². The van der Waals surface area contributed by atoms with Crippen LogP contribution in [-0.2, 0) is 56.9 Å². The molecule has 1 aromatic heterocycles. The number of ether oxygens (including phenoxy) is 2. The number of unbranched alkanes of at least 4 members (excludes halogenated alkanes) is 1. The first-order valence-electron chi connectivity index (χ1n) is 29.7. The number of rotatable bonds is 15. The van der Waals surface area contributed by atoms with Crippen LogP contribution in [0.25, 0.3) is 10.9 Å². The van der Waals surface area contributed by atoms with Gasteiger partial charge in [0.25, 0.3) is 8.32 Å². The van der Waals surface area contributed by atoms with E-state index in [9.17, 15) is 15.0 Å². The molecule has 430 valence electrons. The summed E-state index contributed by atoms with van der Waals surface area (Å²) in [7, 11) is 0.00529. The van der Waals surface area contributed by atoms with Gasteiger partial charge in [0.2, 0.25) is 5.60 Å². The van der Waals surface area contributed by atoms with Gasteiger partial charge in [0.05, 0.1) is 24.9 Å². The number of carbonyl (C=O) groups excluding carboxylic acids is 4. The van der Waals surface area contributed by atoms with Crippen LogP contribution in [0.5, 0.6) is 0 Å². The maximum absolute atomic E-state index is 15.7. The van der Waals surface area contributed by atoms with Crippen LogP contribution >= 0.6 is 0 Å². The van der Waals surface area contributed by atoms with Gasteiger partial charge >= 0.3 is 18.1 Å². The lowest BCUT2D eigenvalue weighted by atomic mass is 9.47. The zero-order chi connectivity index (χ0) is 57.7. The van der Waals surface area contributed by atoms with Gasteiger partial charge in [0, 0.05) is 84.2 Å². The lowest BCUT2D eigenvalue weighted by Crippen LogP contribution is -2.83. The maximum atomic E-state index is 15.7. The van der Waals surface area contributed by atoms with Gasteiger partial charge in [0.1, 0.15) is 6.61 Å². The number of hydrogen-bond acceptors (Lipinski definition) is 12. The third-order valence-corrected chi connectivity index (χ3v) is 24.6. The third-order valence-electron chi connectivity index (χ3n) is 20.4. The summed E-state index contributed by atoms with van der Waals surface area (Å²) in [4.78, 5) is 56.7. The Hall–Kier alpha value is -6.48. The van der Waals surface area contributed by atoms with Gasteiger partial charge < -0.3 is 34.0 Å². The molecule has 6 heterocycles. The molecule has 3 fully saturated rings. The monoisotopic (exact) mass is 1120 g/mol. The number of aryl methyl sites for hydroxylation is 1. The SMILES string of the molecule is CC[C@]1(O)CC2CN(CCc3c([nH]c4ccccc34)[C@@](C)(c3cc4c(cc3C)N(C)[C@H]3[C@@](O)(C(=O)OC)[C@H](O[Si](CCCCC(=O)OCc5ccccc5)(c5ccccc5)c5ccccc5)[C@]5(CC)C=CCN6CC[C@]43[C@@H]65)C2)C1.O=C=O. The van der Waals surface area contributed by atoms with Gasteiger partial charge in [-0.3, -0.25) is 14.6 Å². The summed E-state index contributed by atoms with van der Waals surface area (Å²) in [6.45, 7) is 13.3. The Labute approximate surface area is 483 Å². The predicted octanol–water partition coefficient (Wildman–Crippen LogP) is 8.68. The average Bonchev–Trinajstić information content (AvgIpc) is 2.48. The van der Waals surface area contributed by atoms with E-state index in [1.807, 2.05) is 42.5 Å². The molecule has 1 spiro atoms. The number of anilines is 1. The summed E-state index contributed by atoms with van der Waals surface area (Å²) in [5.74, 6) is -0.695. The third kappa shape index (κ3) is 9.33. The fourth-order valence-corrected chi connectivity index (χ4v) is 21.4. The number of esters is 2. The topological polar surface area (TPSA) is 162 Å². The number of hydrogen-bond donors (Lipinski definition) is 3. The van der Waals surface area contributed by atoms with Gasteiger partial charge in [-0.2, -0.15) is 9.59 Å². The summed E-state index contributed by atoms with van der Waals surface area (Å²) in [5.41, 5.74) is 4.26. The van der Waals surface area contributed by atoms with Gasteiger partial charge in [-0.25, -0.2) is 4.79 Å². The van der Waals surface area contributed by atoms with E-state index in [4.69, 9.17) is 23.5 Å². The molecule has 12 rings (SSSR count). The molecule has 1 aliphatic carbocycles. The molecule has 13 nitrogen and oxygen atoms in total. The van der Waals surface area contributed by atoms with E-state index in [-0.39, 0.29) is 37.1 Å². The zero-order valence-corrected chi connectivity index (χ0v) is 49.5. The van der Waals surface area contributed by atoms with Gasteiger partial charge in [-0.05, 0) is 128 Å². The Morgan fingerprint density at radius 3 is 2.17 bits per heavy atom. The molecular formula is C68H80N4O9Si. The first-order chi connectivity index (χ1) is 39.6. The fraction of sp³-hybridized carbons (Fsp3) is 0.456. The van der Waals surface area contributed by atoms with Crippen LogP contribution in [0.3, 0.4) is 0 Å². The molecule has 6 aliphatic rings. The number of para-hydroxylation sites is 1. The van der Waals surface area contributed by atoms with Crippen molar-refractivity contribution in [2.24, 2.45) is 11.3 Å². The van der Waals surface area contributed by atoms with Crippen molar-refractivity contribution >= 4 is 53.4 Å². The number of piperidine rings is 1. The molecule has 5 aromatic carbocycles. The molecule has 2 saturated heterocycles. The van der Waals surface area contributed by atoms with Crippen molar-refractivity contribution in [3.05, 3.63) is 173 Å². The summed E-state index contributed by atoms with van der Waals surface area (Å²) in [5, 5.41) is 30.1. The Morgan fingerprint density at radius 1 is 0.829 bits per heavy atom. The Bertz CT molecular complexity index is 3330. The number of aromatic nitrogens is 1. The Kier molecular flexibility index (Phi) is 15.8. The number of aromatic amines is 1. The summed E-state index contributed by atoms with van der Waals surface area (Å²) < 4.78 is 20.1. The fourth-order valence-electron chi connectivity index (χ4n) is 17.1. The molecule has 1 saturated carbocycles. The first kappa shape index (κ1) is 57.3. The summed E-state index contributed by atoms with van der Waals surface area (Å²) in [6, 6.07) is 44.0. The van der Waals surface area contributed by atoms with Gasteiger partial charge in [-0.1, -0.05) is 148 Å². The number of aliphatic hydroxyl groups is 2. The lowest BCUT2D eigenvalue weighted by Gasteiger charge is -2.65. The molecule has 5 aliphatic heterocycles. The number of H-pyrrole nitrogens is 1. The smallest absolute Gasteiger partial charge is 0.373 e. The molecule has 0 radical (unpaired) electrons. The van der Waals surface area contributed by atoms with Crippen molar-refractivity contribution < 1.29 is 43.3 Å². The molecule has 0 amide bonds. The number of nitrogens with one attached hydrogen (secondary N) is 1. The van der Waals surface area contributed by atoms with E-state index >= 15 is 4.79 Å².